The highest BCUT2D eigenvalue weighted by Gasteiger charge is 2.49. The first-order valence-electron chi connectivity index (χ1n) is 8.41. The first-order chi connectivity index (χ1) is 9.88. The van der Waals surface area contributed by atoms with Gasteiger partial charge in [0.05, 0.1) is 18.2 Å². The molecule has 122 valence electrons. The molecule has 3 rings (SSSR count). The van der Waals surface area contributed by atoms with E-state index in [9.17, 15) is 8.78 Å². The smallest absolute Gasteiger partial charge is 0.265 e. The molecule has 0 aromatic heterocycles. The van der Waals surface area contributed by atoms with Crippen LogP contribution in [0.15, 0.2) is 0 Å². The molecule has 0 radical (unpaired) electrons. The van der Waals surface area contributed by atoms with Crippen LogP contribution in [0.4, 0.5) is 8.78 Å². The minimum absolute atomic E-state index is 0.0906. The van der Waals surface area contributed by atoms with Gasteiger partial charge in [0, 0.05) is 25.6 Å². The van der Waals surface area contributed by atoms with Gasteiger partial charge < -0.3 is 15.4 Å². The van der Waals surface area contributed by atoms with Crippen molar-refractivity contribution in [1.29, 1.82) is 0 Å². The standard InChI is InChI=1S/C16H28F2N2O/c1-10(2)20-8-11-5-6-12(9-20)14(11)21-13-4-3-7-16(17,18)15(13)19/h10-15H,3-9,19H2,1-2H3/t11-,12?,13+,14?,15-/m1/s1. The highest BCUT2D eigenvalue weighted by molar-refractivity contribution is 4.98. The minimum Gasteiger partial charge on any atom is -0.372 e. The van der Waals surface area contributed by atoms with Crippen molar-refractivity contribution in [3.63, 3.8) is 0 Å². The van der Waals surface area contributed by atoms with Gasteiger partial charge >= 0.3 is 0 Å². The van der Waals surface area contributed by atoms with E-state index in [1.807, 2.05) is 0 Å². The van der Waals surface area contributed by atoms with Crippen LogP contribution < -0.4 is 5.73 Å². The summed E-state index contributed by atoms with van der Waals surface area (Å²) < 4.78 is 33.7. The summed E-state index contributed by atoms with van der Waals surface area (Å²) in [4.78, 5) is 2.50. The Morgan fingerprint density at radius 2 is 1.76 bits per heavy atom. The summed E-state index contributed by atoms with van der Waals surface area (Å²) >= 11 is 0. The van der Waals surface area contributed by atoms with Gasteiger partial charge in [-0.05, 0) is 51.4 Å². The van der Waals surface area contributed by atoms with Gasteiger partial charge in [0.15, 0.2) is 0 Å². The highest BCUT2D eigenvalue weighted by atomic mass is 19.3. The van der Waals surface area contributed by atoms with Crippen LogP contribution in [0.3, 0.4) is 0 Å². The van der Waals surface area contributed by atoms with Gasteiger partial charge in [0.1, 0.15) is 0 Å². The van der Waals surface area contributed by atoms with Crippen LogP contribution in [0.1, 0.15) is 46.0 Å². The number of hydrogen-bond donors (Lipinski definition) is 1. The molecule has 2 bridgehead atoms. The zero-order valence-corrected chi connectivity index (χ0v) is 13.1. The summed E-state index contributed by atoms with van der Waals surface area (Å²) in [5.74, 6) is -1.77. The Bertz CT molecular complexity index is 363. The summed E-state index contributed by atoms with van der Waals surface area (Å²) in [5, 5.41) is 0. The first kappa shape index (κ1) is 15.6. The van der Waals surface area contributed by atoms with E-state index in [2.05, 4.69) is 18.7 Å². The molecule has 1 heterocycles. The lowest BCUT2D eigenvalue weighted by Gasteiger charge is -2.43. The third-order valence-corrected chi connectivity index (χ3v) is 5.72. The van der Waals surface area contributed by atoms with Gasteiger partial charge in [-0.3, -0.25) is 0 Å². The second-order valence-electron chi connectivity index (χ2n) is 7.46. The van der Waals surface area contributed by atoms with E-state index in [1.165, 1.54) is 0 Å². The molecule has 1 aliphatic heterocycles. The van der Waals surface area contributed by atoms with Crippen molar-refractivity contribution in [2.24, 2.45) is 17.6 Å². The molecule has 0 aromatic rings. The van der Waals surface area contributed by atoms with Crippen LogP contribution in [-0.4, -0.2) is 48.2 Å². The van der Waals surface area contributed by atoms with Crippen LogP contribution in [-0.2, 0) is 4.74 Å². The quantitative estimate of drug-likeness (QED) is 0.871. The average molecular weight is 302 g/mol. The lowest BCUT2D eigenvalue weighted by molar-refractivity contribution is -0.155. The summed E-state index contributed by atoms with van der Waals surface area (Å²) in [6.07, 6.45) is 3.12. The topological polar surface area (TPSA) is 38.5 Å². The fraction of sp³-hybridized carbons (Fsp3) is 1.00. The van der Waals surface area contributed by atoms with Crippen molar-refractivity contribution >= 4 is 0 Å². The Kier molecular flexibility index (Phi) is 4.27. The minimum atomic E-state index is -2.76. The third kappa shape index (κ3) is 2.97. The number of fused-ring (bicyclic) bond motifs is 2. The molecule has 0 amide bonds. The number of nitrogens with zero attached hydrogens (tertiary/aromatic N) is 1. The fourth-order valence-corrected chi connectivity index (χ4v) is 4.36. The predicted molar refractivity (Wildman–Crippen MR) is 78.4 cm³/mol. The molecular weight excluding hydrogens is 274 g/mol. The Balaban J connectivity index is 1.64. The fourth-order valence-electron chi connectivity index (χ4n) is 4.36. The predicted octanol–water partition coefficient (Wildman–Crippen LogP) is 2.64. The van der Waals surface area contributed by atoms with Crippen molar-refractivity contribution in [3.05, 3.63) is 0 Å². The monoisotopic (exact) mass is 302 g/mol. The van der Waals surface area contributed by atoms with E-state index < -0.39 is 18.1 Å². The molecule has 2 saturated carbocycles. The van der Waals surface area contributed by atoms with E-state index in [0.29, 0.717) is 30.7 Å². The number of piperidine rings is 1. The Morgan fingerprint density at radius 1 is 1.14 bits per heavy atom. The second-order valence-corrected chi connectivity index (χ2v) is 7.46. The van der Waals surface area contributed by atoms with E-state index in [-0.39, 0.29) is 12.5 Å². The van der Waals surface area contributed by atoms with E-state index >= 15 is 0 Å². The molecule has 2 unspecified atom stereocenters. The molecule has 5 heteroatoms. The number of ether oxygens (including phenoxy) is 1. The molecule has 21 heavy (non-hydrogen) atoms. The summed E-state index contributed by atoms with van der Waals surface area (Å²) in [5.41, 5.74) is 5.78. The molecule has 0 spiro atoms. The molecule has 5 atom stereocenters. The van der Waals surface area contributed by atoms with Crippen molar-refractivity contribution in [1.82, 2.24) is 4.90 Å². The van der Waals surface area contributed by atoms with Gasteiger partial charge in [-0.15, -0.1) is 0 Å². The van der Waals surface area contributed by atoms with Crippen molar-refractivity contribution in [3.8, 4) is 0 Å². The molecule has 3 fully saturated rings. The van der Waals surface area contributed by atoms with Crippen LogP contribution in [0.5, 0.6) is 0 Å². The third-order valence-electron chi connectivity index (χ3n) is 5.72. The van der Waals surface area contributed by atoms with E-state index in [0.717, 1.165) is 25.9 Å². The zero-order chi connectivity index (χ0) is 15.2. The van der Waals surface area contributed by atoms with Crippen LogP contribution in [0.25, 0.3) is 0 Å². The second kappa shape index (κ2) is 5.74. The number of alkyl halides is 2. The zero-order valence-electron chi connectivity index (χ0n) is 13.1. The van der Waals surface area contributed by atoms with Crippen LogP contribution >= 0.6 is 0 Å². The van der Waals surface area contributed by atoms with Gasteiger partial charge in [0.25, 0.3) is 5.92 Å². The van der Waals surface area contributed by atoms with Crippen molar-refractivity contribution < 1.29 is 13.5 Å². The van der Waals surface area contributed by atoms with Crippen molar-refractivity contribution in [2.75, 3.05) is 13.1 Å². The highest BCUT2D eigenvalue weighted by Crippen LogP contribution is 2.42. The molecule has 0 aromatic carbocycles. The Hall–Kier alpha value is -0.260. The summed E-state index contributed by atoms with van der Waals surface area (Å²) in [7, 11) is 0. The molecule has 3 aliphatic rings. The van der Waals surface area contributed by atoms with Crippen LogP contribution in [0.2, 0.25) is 0 Å². The molecule has 1 saturated heterocycles. The maximum absolute atomic E-state index is 13.8. The van der Waals surface area contributed by atoms with Gasteiger partial charge in [0.2, 0.25) is 0 Å². The Labute approximate surface area is 126 Å². The van der Waals surface area contributed by atoms with Crippen molar-refractivity contribution in [2.45, 2.75) is 76.2 Å². The maximum atomic E-state index is 13.8. The normalized spacial score (nSPS) is 43.4. The molecule has 2 N–H and O–H groups in total. The van der Waals surface area contributed by atoms with Gasteiger partial charge in [-0.25, -0.2) is 8.78 Å². The lowest BCUT2D eigenvalue weighted by Crippen LogP contribution is -2.56. The molecular formula is C16H28F2N2O. The van der Waals surface area contributed by atoms with Crippen LogP contribution in [0, 0.1) is 11.8 Å². The first-order valence-corrected chi connectivity index (χ1v) is 8.41. The van der Waals surface area contributed by atoms with Gasteiger partial charge in [-0.1, -0.05) is 0 Å². The largest absolute Gasteiger partial charge is 0.372 e. The lowest BCUT2D eigenvalue weighted by atomic mass is 9.88. The molecule has 2 aliphatic carbocycles. The Morgan fingerprint density at radius 3 is 2.33 bits per heavy atom. The number of halogens is 2. The number of nitrogens with two attached hydrogens (primary N) is 1. The summed E-state index contributed by atoms with van der Waals surface area (Å²) in [6.45, 7) is 6.52. The van der Waals surface area contributed by atoms with E-state index in [1.54, 1.807) is 0 Å². The number of hydrogen-bond acceptors (Lipinski definition) is 3. The van der Waals surface area contributed by atoms with E-state index in [4.69, 9.17) is 10.5 Å². The number of likely N-dealkylation sites (tertiary alicyclic amines) is 1. The average Bonchev–Trinajstić information content (AvgIpc) is 2.65. The SMILES string of the molecule is CC(C)N1CC2CC[C@H](C1)C2O[C@H]1CCCC(F)(F)[C@@H]1N. The number of rotatable bonds is 3. The maximum Gasteiger partial charge on any atom is 0.265 e. The van der Waals surface area contributed by atoms with Gasteiger partial charge in [-0.2, -0.15) is 0 Å². The molecule has 3 nitrogen and oxygen atoms in total. The summed E-state index contributed by atoms with van der Waals surface area (Å²) in [6, 6.07) is -0.580.